The fourth-order valence-electron chi connectivity index (χ4n) is 3.74. The Morgan fingerprint density at radius 1 is 1.17 bits per heavy atom. The molecule has 6 nitrogen and oxygen atoms in total. The van der Waals surface area contributed by atoms with Crippen LogP contribution in [0.5, 0.6) is 0 Å². The standard InChI is InChI=1S/C21H20N4O2S2/c26-19(11-10-18-23-20(24-27-18)17-9-5-13-28-17)25-12-4-3-7-15(25)21-22-14-6-1-2-8-16(14)29-21/h1-2,5-6,8-9,13,15H,3-4,7,10-12H2/t15-/m0/s1. The fraction of sp³-hybridized carbons (Fsp3) is 0.333. The average molecular weight is 425 g/mol. The highest BCUT2D eigenvalue weighted by Crippen LogP contribution is 2.36. The molecule has 148 valence electrons. The lowest BCUT2D eigenvalue weighted by Gasteiger charge is -2.34. The zero-order valence-electron chi connectivity index (χ0n) is 15.8. The number of rotatable bonds is 5. The van der Waals surface area contributed by atoms with Gasteiger partial charge < -0.3 is 9.42 Å². The number of carbonyl (C=O) groups excluding carboxylic acids is 1. The van der Waals surface area contributed by atoms with Gasteiger partial charge >= 0.3 is 0 Å². The molecule has 4 aromatic rings. The Kier molecular flexibility index (Phi) is 5.12. The van der Waals surface area contributed by atoms with Crippen LogP contribution in [0.1, 0.15) is 42.6 Å². The van der Waals surface area contributed by atoms with Gasteiger partial charge in [-0.2, -0.15) is 4.98 Å². The number of thiazole rings is 1. The molecule has 0 unspecified atom stereocenters. The third-order valence-electron chi connectivity index (χ3n) is 5.18. The number of hydrogen-bond donors (Lipinski definition) is 0. The second-order valence-electron chi connectivity index (χ2n) is 7.11. The lowest BCUT2D eigenvalue weighted by Crippen LogP contribution is -2.38. The summed E-state index contributed by atoms with van der Waals surface area (Å²) in [6.45, 7) is 0.781. The molecule has 1 aliphatic heterocycles. The number of piperidine rings is 1. The van der Waals surface area contributed by atoms with E-state index in [0.717, 1.165) is 41.2 Å². The molecule has 3 aromatic heterocycles. The van der Waals surface area contributed by atoms with Gasteiger partial charge in [-0.3, -0.25) is 4.79 Å². The van der Waals surface area contributed by atoms with E-state index in [0.29, 0.717) is 24.6 Å². The molecule has 0 spiro atoms. The summed E-state index contributed by atoms with van der Waals surface area (Å²) in [6.07, 6.45) is 3.96. The first-order valence-corrected chi connectivity index (χ1v) is 11.5. The summed E-state index contributed by atoms with van der Waals surface area (Å²) in [5, 5.41) is 7.05. The summed E-state index contributed by atoms with van der Waals surface area (Å²) < 4.78 is 6.52. The predicted octanol–water partition coefficient (Wildman–Crippen LogP) is 5.09. The van der Waals surface area contributed by atoms with Gasteiger partial charge in [0.05, 0.1) is 21.1 Å². The van der Waals surface area contributed by atoms with Crippen LogP contribution in [-0.2, 0) is 11.2 Å². The molecular formula is C21H20N4O2S2. The van der Waals surface area contributed by atoms with Crippen LogP contribution in [0.15, 0.2) is 46.3 Å². The van der Waals surface area contributed by atoms with Crippen molar-refractivity contribution < 1.29 is 9.32 Å². The highest BCUT2D eigenvalue weighted by Gasteiger charge is 2.30. The van der Waals surface area contributed by atoms with E-state index < -0.39 is 0 Å². The van der Waals surface area contributed by atoms with E-state index in [4.69, 9.17) is 9.51 Å². The molecule has 1 amide bonds. The van der Waals surface area contributed by atoms with E-state index in [1.165, 1.54) is 4.70 Å². The van der Waals surface area contributed by atoms with E-state index in [9.17, 15) is 4.79 Å². The second-order valence-corrected chi connectivity index (χ2v) is 9.12. The van der Waals surface area contributed by atoms with E-state index >= 15 is 0 Å². The molecule has 0 saturated carbocycles. The third kappa shape index (κ3) is 3.82. The molecule has 0 radical (unpaired) electrons. The number of likely N-dealkylation sites (tertiary alicyclic amines) is 1. The summed E-state index contributed by atoms with van der Waals surface area (Å²) in [4.78, 5) is 25.2. The Bertz CT molecular complexity index is 1090. The van der Waals surface area contributed by atoms with Crippen molar-refractivity contribution in [3.63, 3.8) is 0 Å². The largest absolute Gasteiger partial charge is 0.339 e. The van der Waals surface area contributed by atoms with Crippen LogP contribution in [0.2, 0.25) is 0 Å². The molecule has 1 atom stereocenters. The summed E-state index contributed by atoms with van der Waals surface area (Å²) >= 11 is 3.27. The Balaban J connectivity index is 1.28. The van der Waals surface area contributed by atoms with Crippen LogP contribution in [0, 0.1) is 0 Å². The van der Waals surface area contributed by atoms with Crippen LogP contribution in [0.25, 0.3) is 20.9 Å². The van der Waals surface area contributed by atoms with Crippen molar-refractivity contribution in [2.75, 3.05) is 6.54 Å². The number of aromatic nitrogens is 3. The van der Waals surface area contributed by atoms with Crippen molar-refractivity contribution in [2.24, 2.45) is 0 Å². The number of benzene rings is 1. The molecule has 4 heterocycles. The Morgan fingerprint density at radius 3 is 2.97 bits per heavy atom. The van der Waals surface area contributed by atoms with Crippen molar-refractivity contribution in [1.29, 1.82) is 0 Å². The molecule has 1 aliphatic rings. The number of nitrogens with zero attached hydrogens (tertiary/aromatic N) is 4. The molecule has 29 heavy (non-hydrogen) atoms. The van der Waals surface area contributed by atoms with Crippen molar-refractivity contribution >= 4 is 38.8 Å². The number of aryl methyl sites for hydroxylation is 1. The number of para-hydroxylation sites is 1. The van der Waals surface area contributed by atoms with Gasteiger partial charge in [0.1, 0.15) is 5.01 Å². The maximum Gasteiger partial charge on any atom is 0.227 e. The number of fused-ring (bicyclic) bond motifs is 1. The highest BCUT2D eigenvalue weighted by atomic mass is 32.1. The minimum absolute atomic E-state index is 0.0676. The molecule has 8 heteroatoms. The lowest BCUT2D eigenvalue weighted by atomic mass is 10.0. The molecule has 1 saturated heterocycles. The SMILES string of the molecule is O=C(CCc1nc(-c2cccs2)no1)N1CCCC[C@H]1c1nc2ccccc2s1. The zero-order chi connectivity index (χ0) is 19.6. The molecule has 1 fully saturated rings. The smallest absolute Gasteiger partial charge is 0.227 e. The van der Waals surface area contributed by atoms with Gasteiger partial charge in [0.25, 0.3) is 0 Å². The van der Waals surface area contributed by atoms with E-state index in [-0.39, 0.29) is 11.9 Å². The van der Waals surface area contributed by atoms with E-state index in [1.807, 2.05) is 40.6 Å². The Labute approximate surface area is 176 Å². The number of carbonyl (C=O) groups is 1. The van der Waals surface area contributed by atoms with Crippen LogP contribution in [0.3, 0.4) is 0 Å². The van der Waals surface area contributed by atoms with Gasteiger partial charge in [-0.15, -0.1) is 22.7 Å². The molecule has 0 bridgehead atoms. The van der Waals surface area contributed by atoms with Gasteiger partial charge in [-0.1, -0.05) is 23.4 Å². The summed E-state index contributed by atoms with van der Waals surface area (Å²) in [5.74, 6) is 1.23. The summed E-state index contributed by atoms with van der Waals surface area (Å²) in [5.41, 5.74) is 1.01. The summed E-state index contributed by atoms with van der Waals surface area (Å²) in [6, 6.07) is 12.1. The monoisotopic (exact) mass is 424 g/mol. The quantitative estimate of drug-likeness (QED) is 0.446. The van der Waals surface area contributed by atoms with Crippen LogP contribution in [-0.4, -0.2) is 32.5 Å². The highest BCUT2D eigenvalue weighted by molar-refractivity contribution is 7.18. The van der Waals surface area contributed by atoms with Crippen molar-refractivity contribution in [2.45, 2.75) is 38.1 Å². The zero-order valence-corrected chi connectivity index (χ0v) is 17.4. The van der Waals surface area contributed by atoms with Gasteiger partial charge in [-0.25, -0.2) is 4.98 Å². The van der Waals surface area contributed by atoms with E-state index in [1.54, 1.807) is 22.7 Å². The minimum atomic E-state index is 0.0676. The fourth-order valence-corrected chi connectivity index (χ4v) is 5.50. The van der Waals surface area contributed by atoms with Crippen molar-refractivity contribution in [3.05, 3.63) is 52.7 Å². The van der Waals surface area contributed by atoms with Crippen LogP contribution < -0.4 is 0 Å². The molecule has 0 aliphatic carbocycles. The molecular weight excluding hydrogens is 404 g/mol. The normalized spacial score (nSPS) is 17.1. The Morgan fingerprint density at radius 2 is 2.10 bits per heavy atom. The Hall–Kier alpha value is -2.58. The topological polar surface area (TPSA) is 72.1 Å². The first-order chi connectivity index (χ1) is 14.3. The van der Waals surface area contributed by atoms with Crippen LogP contribution in [0.4, 0.5) is 0 Å². The van der Waals surface area contributed by atoms with Crippen molar-refractivity contribution in [1.82, 2.24) is 20.0 Å². The first kappa shape index (κ1) is 18.4. The predicted molar refractivity (Wildman–Crippen MR) is 114 cm³/mol. The summed E-state index contributed by atoms with van der Waals surface area (Å²) in [7, 11) is 0. The van der Waals surface area contributed by atoms with Gasteiger partial charge in [0, 0.05) is 19.4 Å². The third-order valence-corrected chi connectivity index (χ3v) is 7.18. The van der Waals surface area contributed by atoms with Crippen LogP contribution >= 0.6 is 22.7 Å². The number of hydrogen-bond acceptors (Lipinski definition) is 7. The van der Waals surface area contributed by atoms with Crippen molar-refractivity contribution in [3.8, 4) is 10.7 Å². The lowest BCUT2D eigenvalue weighted by molar-refractivity contribution is -0.135. The average Bonchev–Trinajstić information content (AvgIpc) is 3.52. The van der Waals surface area contributed by atoms with E-state index in [2.05, 4.69) is 16.2 Å². The first-order valence-electron chi connectivity index (χ1n) is 9.79. The number of thiophene rings is 1. The molecule has 0 N–H and O–H groups in total. The molecule has 1 aromatic carbocycles. The number of amides is 1. The van der Waals surface area contributed by atoms with Gasteiger partial charge in [-0.05, 0) is 42.8 Å². The maximum absolute atomic E-state index is 13.0. The van der Waals surface area contributed by atoms with Gasteiger partial charge in [0.15, 0.2) is 0 Å². The second kappa shape index (κ2) is 8.04. The minimum Gasteiger partial charge on any atom is -0.339 e. The molecule has 5 rings (SSSR count). The van der Waals surface area contributed by atoms with Gasteiger partial charge in [0.2, 0.25) is 17.6 Å². The maximum atomic E-state index is 13.0.